The van der Waals surface area contributed by atoms with Gasteiger partial charge in [-0.05, 0) is 54.1 Å². The minimum Gasteiger partial charge on any atom is -0.229 e. The molecular weight excluding hydrogens is 463 g/mol. The topological polar surface area (TPSA) is 73.1 Å². The van der Waals surface area contributed by atoms with E-state index in [4.69, 9.17) is 21.7 Å². The van der Waals surface area contributed by atoms with Gasteiger partial charge in [-0.15, -0.1) is 11.3 Å². The van der Waals surface area contributed by atoms with Crippen LogP contribution in [-0.2, 0) is 10.0 Å². The largest absolute Gasteiger partial charge is 0.238 e. The van der Waals surface area contributed by atoms with Gasteiger partial charge in [-0.2, -0.15) is 0 Å². The Hall–Kier alpha value is -2.23. The maximum Gasteiger partial charge on any atom is 0.238 e. The molecule has 0 aliphatic carbocycles. The normalized spacial score (nSPS) is 11.6. The highest BCUT2D eigenvalue weighted by molar-refractivity contribution is 8.01. The molecule has 0 fully saturated rings. The van der Waals surface area contributed by atoms with Crippen LogP contribution in [0, 0.1) is 5.82 Å². The summed E-state index contributed by atoms with van der Waals surface area (Å²) in [5.74, 6) is -0.321. The molecule has 1 aromatic heterocycles. The van der Waals surface area contributed by atoms with Crippen LogP contribution >= 0.6 is 34.7 Å². The van der Waals surface area contributed by atoms with Crippen molar-refractivity contribution in [2.45, 2.75) is 14.1 Å². The molecule has 2 N–H and O–H groups in total. The smallest absolute Gasteiger partial charge is 0.229 e. The highest BCUT2D eigenvalue weighted by Gasteiger charge is 2.17. The van der Waals surface area contributed by atoms with Crippen LogP contribution in [0.2, 0.25) is 5.02 Å². The summed E-state index contributed by atoms with van der Waals surface area (Å²) in [7, 11) is -3.78. The first kappa shape index (κ1) is 21.0. The number of aromatic nitrogens is 1. The molecule has 9 heteroatoms. The molecule has 0 unspecified atom stereocenters. The average Bonchev–Trinajstić information content (AvgIpc) is 3.13. The van der Waals surface area contributed by atoms with E-state index in [0.29, 0.717) is 10.7 Å². The molecule has 4 aromatic rings. The van der Waals surface area contributed by atoms with Gasteiger partial charge in [-0.1, -0.05) is 47.6 Å². The first-order chi connectivity index (χ1) is 14.3. The Morgan fingerprint density at radius 2 is 1.50 bits per heavy atom. The Labute approximate surface area is 186 Å². The first-order valence-corrected chi connectivity index (χ1v) is 12.2. The molecule has 0 spiro atoms. The van der Waals surface area contributed by atoms with Crippen LogP contribution in [-0.4, -0.2) is 13.4 Å². The Morgan fingerprint density at radius 1 is 0.900 bits per heavy atom. The number of halogens is 2. The minimum atomic E-state index is -3.78. The third kappa shape index (κ3) is 4.74. The first-order valence-electron chi connectivity index (χ1n) is 8.63. The predicted molar refractivity (Wildman–Crippen MR) is 120 cm³/mol. The molecule has 4 rings (SSSR count). The second-order valence-electron chi connectivity index (χ2n) is 6.29. The Kier molecular flexibility index (Phi) is 5.95. The highest BCUT2D eigenvalue weighted by Crippen LogP contribution is 2.42. The molecule has 30 heavy (non-hydrogen) atoms. The fraction of sp³-hybridized carbons (Fsp3) is 0. The molecule has 4 nitrogen and oxygen atoms in total. The van der Waals surface area contributed by atoms with Crippen molar-refractivity contribution in [3.8, 4) is 21.7 Å². The molecule has 1 heterocycles. The monoisotopic (exact) mass is 476 g/mol. The molecular formula is C21H14ClFN2O2S3. The number of nitrogens with zero attached hydrogens (tertiary/aromatic N) is 1. The fourth-order valence-corrected chi connectivity index (χ4v) is 5.53. The van der Waals surface area contributed by atoms with Crippen molar-refractivity contribution in [2.75, 3.05) is 0 Å². The lowest BCUT2D eigenvalue weighted by Gasteiger charge is -2.04. The summed E-state index contributed by atoms with van der Waals surface area (Å²) in [6.07, 6.45) is 0. The Morgan fingerprint density at radius 3 is 2.10 bits per heavy atom. The lowest BCUT2D eigenvalue weighted by molar-refractivity contribution is 0.598. The van der Waals surface area contributed by atoms with E-state index in [2.05, 4.69) is 0 Å². The van der Waals surface area contributed by atoms with Crippen LogP contribution in [0.4, 0.5) is 4.39 Å². The number of hydrogen-bond donors (Lipinski definition) is 1. The highest BCUT2D eigenvalue weighted by atomic mass is 35.5. The number of sulfonamides is 1. The van der Waals surface area contributed by atoms with Crippen molar-refractivity contribution in [3.05, 3.63) is 83.6 Å². The van der Waals surface area contributed by atoms with Crippen LogP contribution in [0.5, 0.6) is 0 Å². The lowest BCUT2D eigenvalue weighted by atomic mass is 10.1. The molecule has 0 aliphatic heterocycles. The van der Waals surface area contributed by atoms with E-state index in [9.17, 15) is 12.8 Å². The summed E-state index contributed by atoms with van der Waals surface area (Å²) in [5, 5.41) is 5.85. The van der Waals surface area contributed by atoms with E-state index in [1.807, 2.05) is 24.3 Å². The number of thiazole rings is 1. The number of nitrogens with two attached hydrogens (primary N) is 1. The summed E-state index contributed by atoms with van der Waals surface area (Å²) in [6, 6.07) is 19.9. The molecule has 0 saturated heterocycles. The van der Waals surface area contributed by atoms with E-state index in [1.165, 1.54) is 47.4 Å². The van der Waals surface area contributed by atoms with E-state index in [-0.39, 0.29) is 10.7 Å². The van der Waals surface area contributed by atoms with Crippen LogP contribution in [0.25, 0.3) is 21.7 Å². The molecule has 152 valence electrons. The Balaban J connectivity index is 1.78. The van der Waals surface area contributed by atoms with Crippen molar-refractivity contribution in [1.29, 1.82) is 0 Å². The summed E-state index contributed by atoms with van der Waals surface area (Å²) in [5.41, 5.74) is 2.24. The van der Waals surface area contributed by atoms with E-state index in [1.54, 1.807) is 24.3 Å². The Bertz CT molecular complexity index is 1290. The zero-order valence-electron chi connectivity index (χ0n) is 15.2. The van der Waals surface area contributed by atoms with Crippen molar-refractivity contribution in [3.63, 3.8) is 0 Å². The standard InChI is InChI=1S/C21H14ClFN2O2S3/c22-15-5-9-17(10-6-15)28-21-25-19(13-3-11-18(12-4-13)30(24,26)27)20(29-21)14-1-7-16(23)8-2-14/h1-12H,(H2,24,26,27). The molecule has 3 aromatic carbocycles. The molecule has 0 radical (unpaired) electrons. The van der Waals surface area contributed by atoms with Gasteiger partial charge < -0.3 is 0 Å². The lowest BCUT2D eigenvalue weighted by Crippen LogP contribution is -2.11. The van der Waals surface area contributed by atoms with Crippen molar-refractivity contribution in [1.82, 2.24) is 4.98 Å². The third-order valence-corrected chi connectivity index (χ3v) is 7.54. The second-order valence-corrected chi connectivity index (χ2v) is 10.6. The van der Waals surface area contributed by atoms with Crippen molar-refractivity contribution < 1.29 is 12.8 Å². The van der Waals surface area contributed by atoms with Crippen LogP contribution in [0.3, 0.4) is 0 Å². The van der Waals surface area contributed by atoms with Gasteiger partial charge in [0.05, 0.1) is 15.5 Å². The number of hydrogen-bond acceptors (Lipinski definition) is 5. The van der Waals surface area contributed by atoms with Crippen molar-refractivity contribution in [2.24, 2.45) is 5.14 Å². The van der Waals surface area contributed by atoms with Gasteiger partial charge in [0, 0.05) is 15.5 Å². The van der Waals surface area contributed by atoms with Gasteiger partial charge in [0.2, 0.25) is 10.0 Å². The van der Waals surface area contributed by atoms with Gasteiger partial charge in [-0.25, -0.2) is 22.9 Å². The zero-order valence-corrected chi connectivity index (χ0v) is 18.5. The van der Waals surface area contributed by atoms with Gasteiger partial charge in [-0.3, -0.25) is 0 Å². The molecule has 0 bridgehead atoms. The fourth-order valence-electron chi connectivity index (χ4n) is 2.74. The maximum absolute atomic E-state index is 13.4. The van der Waals surface area contributed by atoms with Gasteiger partial charge in [0.15, 0.2) is 4.34 Å². The number of primary sulfonamides is 1. The van der Waals surface area contributed by atoms with Crippen molar-refractivity contribution >= 4 is 44.7 Å². The SMILES string of the molecule is NS(=O)(=O)c1ccc(-c2nc(Sc3ccc(Cl)cc3)sc2-c2ccc(F)cc2)cc1. The summed E-state index contributed by atoms with van der Waals surface area (Å²) in [6.45, 7) is 0. The van der Waals surface area contributed by atoms with Gasteiger partial charge in [0.25, 0.3) is 0 Å². The van der Waals surface area contributed by atoms with E-state index >= 15 is 0 Å². The molecule has 0 saturated carbocycles. The third-order valence-electron chi connectivity index (χ3n) is 4.19. The van der Waals surface area contributed by atoms with Gasteiger partial charge in [0.1, 0.15) is 5.82 Å². The maximum atomic E-state index is 13.4. The molecule has 0 atom stereocenters. The number of benzene rings is 3. The summed E-state index contributed by atoms with van der Waals surface area (Å²) < 4.78 is 37.3. The second kappa shape index (κ2) is 8.49. The summed E-state index contributed by atoms with van der Waals surface area (Å²) >= 11 is 8.92. The summed E-state index contributed by atoms with van der Waals surface area (Å²) in [4.78, 5) is 6.63. The molecule has 0 aliphatic rings. The van der Waals surface area contributed by atoms with E-state index in [0.717, 1.165) is 25.2 Å². The quantitative estimate of drug-likeness (QED) is 0.379. The van der Waals surface area contributed by atoms with Crippen LogP contribution < -0.4 is 5.14 Å². The average molecular weight is 477 g/mol. The van der Waals surface area contributed by atoms with Crippen LogP contribution in [0.15, 0.2) is 86.9 Å². The van der Waals surface area contributed by atoms with Crippen LogP contribution in [0.1, 0.15) is 0 Å². The zero-order chi connectivity index (χ0) is 21.3. The van der Waals surface area contributed by atoms with Gasteiger partial charge >= 0.3 is 0 Å². The van der Waals surface area contributed by atoms with E-state index < -0.39 is 10.0 Å². The minimum absolute atomic E-state index is 0.0283. The predicted octanol–water partition coefficient (Wildman–Crippen LogP) is 6.07. The molecule has 0 amide bonds. The number of rotatable bonds is 5.